The van der Waals surface area contributed by atoms with Gasteiger partial charge in [-0.25, -0.2) is 0 Å². The normalized spacial score (nSPS) is 27.1. The predicted molar refractivity (Wildman–Crippen MR) is 83.1 cm³/mol. The minimum atomic E-state index is -0.0431. The molecule has 1 saturated heterocycles. The van der Waals surface area contributed by atoms with Gasteiger partial charge in [-0.15, -0.1) is 0 Å². The maximum atomic E-state index is 11.7. The second-order valence-electron chi connectivity index (χ2n) is 5.91. The Morgan fingerprint density at radius 1 is 1.35 bits per heavy atom. The molecule has 1 aromatic carbocycles. The van der Waals surface area contributed by atoms with Crippen molar-refractivity contribution in [3.8, 4) is 0 Å². The topological polar surface area (TPSA) is 44.4 Å². The summed E-state index contributed by atoms with van der Waals surface area (Å²) < 4.78 is 0. The number of hydrogen-bond acceptors (Lipinski definition) is 3. The Balaban J connectivity index is 2.08. The van der Waals surface area contributed by atoms with E-state index in [1.807, 2.05) is 24.3 Å². The van der Waals surface area contributed by atoms with E-state index < -0.39 is 0 Å². The van der Waals surface area contributed by atoms with Crippen molar-refractivity contribution in [2.45, 2.75) is 32.4 Å². The molecule has 0 spiro atoms. The highest BCUT2D eigenvalue weighted by atomic mass is 16.1. The van der Waals surface area contributed by atoms with Crippen LogP contribution in [0.3, 0.4) is 0 Å². The number of nitrogens with one attached hydrogen (secondary N) is 2. The van der Waals surface area contributed by atoms with E-state index in [0.29, 0.717) is 23.6 Å². The average Bonchev–Trinajstić information content (AvgIpc) is 2.44. The Hall–Kier alpha value is -1.55. The first-order chi connectivity index (χ1) is 9.51. The van der Waals surface area contributed by atoms with Gasteiger partial charge in [-0.2, -0.15) is 0 Å². The number of amides is 1. The van der Waals surface area contributed by atoms with Crippen LogP contribution in [-0.2, 0) is 0 Å². The first-order valence-corrected chi connectivity index (χ1v) is 7.30. The number of carbonyl (C=O) groups excluding carboxylic acids is 1. The largest absolute Gasteiger partial charge is 0.382 e. The lowest BCUT2D eigenvalue weighted by Gasteiger charge is -2.40. The summed E-state index contributed by atoms with van der Waals surface area (Å²) in [6.45, 7) is 5.65. The number of piperidine rings is 1. The van der Waals surface area contributed by atoms with Gasteiger partial charge in [-0.05, 0) is 44.5 Å². The lowest BCUT2D eigenvalue weighted by Crippen LogP contribution is -2.48. The van der Waals surface area contributed by atoms with Crippen LogP contribution >= 0.6 is 0 Å². The zero-order valence-electron chi connectivity index (χ0n) is 12.8. The van der Waals surface area contributed by atoms with Gasteiger partial charge < -0.3 is 15.5 Å². The van der Waals surface area contributed by atoms with Crippen LogP contribution in [0, 0.1) is 5.92 Å². The number of anilines is 1. The fourth-order valence-corrected chi connectivity index (χ4v) is 2.85. The molecule has 20 heavy (non-hydrogen) atoms. The summed E-state index contributed by atoms with van der Waals surface area (Å²) in [5.74, 6) is 0.554. The molecule has 0 bridgehead atoms. The van der Waals surface area contributed by atoms with Crippen molar-refractivity contribution in [1.29, 1.82) is 0 Å². The second-order valence-corrected chi connectivity index (χ2v) is 5.91. The number of rotatable bonds is 3. The Morgan fingerprint density at radius 2 is 2.10 bits per heavy atom. The zero-order valence-corrected chi connectivity index (χ0v) is 12.8. The Labute approximate surface area is 121 Å². The molecule has 1 fully saturated rings. The molecule has 0 aliphatic carbocycles. The van der Waals surface area contributed by atoms with Crippen LogP contribution in [-0.4, -0.2) is 43.5 Å². The van der Waals surface area contributed by atoms with E-state index >= 15 is 0 Å². The van der Waals surface area contributed by atoms with E-state index in [-0.39, 0.29) is 5.91 Å². The minimum absolute atomic E-state index is 0.0431. The minimum Gasteiger partial charge on any atom is -0.382 e. The molecular formula is C16H25N3O. The van der Waals surface area contributed by atoms with Gasteiger partial charge in [0.2, 0.25) is 0 Å². The van der Waals surface area contributed by atoms with Crippen LogP contribution in [0.15, 0.2) is 24.3 Å². The summed E-state index contributed by atoms with van der Waals surface area (Å²) in [6.07, 6.45) is 1.13. The summed E-state index contributed by atoms with van der Waals surface area (Å²) in [7, 11) is 3.84. The molecule has 0 radical (unpaired) electrons. The van der Waals surface area contributed by atoms with Gasteiger partial charge >= 0.3 is 0 Å². The molecule has 1 aromatic rings. The molecule has 3 unspecified atom stereocenters. The van der Waals surface area contributed by atoms with Crippen molar-refractivity contribution < 1.29 is 4.79 Å². The van der Waals surface area contributed by atoms with E-state index in [1.165, 1.54) is 0 Å². The van der Waals surface area contributed by atoms with Gasteiger partial charge in [0.1, 0.15) is 0 Å². The molecule has 0 saturated carbocycles. The summed E-state index contributed by atoms with van der Waals surface area (Å²) in [6, 6.07) is 8.77. The van der Waals surface area contributed by atoms with Crippen molar-refractivity contribution in [1.82, 2.24) is 10.2 Å². The van der Waals surface area contributed by atoms with Crippen LogP contribution in [0.4, 0.5) is 5.69 Å². The van der Waals surface area contributed by atoms with Gasteiger partial charge in [0.15, 0.2) is 0 Å². The van der Waals surface area contributed by atoms with E-state index in [9.17, 15) is 4.79 Å². The zero-order chi connectivity index (χ0) is 14.7. The lowest BCUT2D eigenvalue weighted by molar-refractivity contribution is 0.0963. The van der Waals surface area contributed by atoms with E-state index in [4.69, 9.17) is 0 Å². The fourth-order valence-electron chi connectivity index (χ4n) is 2.85. The van der Waals surface area contributed by atoms with Crippen molar-refractivity contribution in [3.05, 3.63) is 29.8 Å². The molecule has 1 aliphatic heterocycles. The van der Waals surface area contributed by atoms with Gasteiger partial charge in [-0.3, -0.25) is 4.79 Å². The first kappa shape index (κ1) is 14.9. The number of nitrogens with zero attached hydrogens (tertiary/aromatic N) is 1. The Bertz CT molecular complexity index is 475. The van der Waals surface area contributed by atoms with Gasteiger partial charge in [0, 0.05) is 36.9 Å². The highest BCUT2D eigenvalue weighted by Gasteiger charge is 2.28. The molecule has 110 valence electrons. The summed E-state index contributed by atoms with van der Waals surface area (Å²) in [5, 5.41) is 6.25. The number of benzene rings is 1. The van der Waals surface area contributed by atoms with Crippen LogP contribution in [0.2, 0.25) is 0 Å². The third kappa shape index (κ3) is 3.31. The summed E-state index contributed by atoms with van der Waals surface area (Å²) in [5.41, 5.74) is 1.73. The first-order valence-electron chi connectivity index (χ1n) is 7.30. The number of likely N-dealkylation sites (tertiary alicyclic amines) is 1. The third-order valence-corrected chi connectivity index (χ3v) is 4.31. The molecule has 1 amide bonds. The fraction of sp³-hybridized carbons (Fsp3) is 0.562. The molecule has 1 aliphatic rings. The monoisotopic (exact) mass is 275 g/mol. The lowest BCUT2D eigenvalue weighted by atomic mass is 9.89. The second kappa shape index (κ2) is 6.27. The molecule has 4 heteroatoms. The smallest absolute Gasteiger partial charge is 0.251 e. The summed E-state index contributed by atoms with van der Waals surface area (Å²) >= 11 is 0. The molecule has 0 aromatic heterocycles. The van der Waals surface area contributed by atoms with E-state index in [1.54, 1.807) is 7.05 Å². The SMILES string of the molecule is CNC(=O)c1cccc(NC2CC(C)N(C)CC2C)c1. The maximum Gasteiger partial charge on any atom is 0.251 e. The molecule has 1 heterocycles. The Kier molecular flexibility index (Phi) is 4.65. The van der Waals surface area contributed by atoms with Crippen molar-refractivity contribution in [2.24, 2.45) is 5.92 Å². The molecule has 3 atom stereocenters. The van der Waals surface area contributed by atoms with Crippen molar-refractivity contribution in [3.63, 3.8) is 0 Å². The number of carbonyl (C=O) groups is 1. The van der Waals surface area contributed by atoms with Gasteiger partial charge in [0.05, 0.1) is 0 Å². The van der Waals surface area contributed by atoms with Gasteiger partial charge in [-0.1, -0.05) is 13.0 Å². The predicted octanol–water partition coefficient (Wildman–Crippen LogP) is 2.19. The van der Waals surface area contributed by atoms with Crippen molar-refractivity contribution in [2.75, 3.05) is 26.0 Å². The standard InChI is InChI=1S/C16H25N3O/c1-11-10-19(4)12(2)8-15(11)18-14-7-5-6-13(9-14)16(20)17-3/h5-7,9,11-12,15,18H,8,10H2,1-4H3,(H,17,20). The molecule has 4 nitrogen and oxygen atoms in total. The summed E-state index contributed by atoms with van der Waals surface area (Å²) in [4.78, 5) is 14.1. The molecule has 2 rings (SSSR count). The third-order valence-electron chi connectivity index (χ3n) is 4.31. The average molecular weight is 275 g/mol. The van der Waals surface area contributed by atoms with Crippen LogP contribution < -0.4 is 10.6 Å². The quantitative estimate of drug-likeness (QED) is 0.889. The van der Waals surface area contributed by atoms with E-state index in [2.05, 4.69) is 36.4 Å². The Morgan fingerprint density at radius 3 is 2.80 bits per heavy atom. The molecule has 2 N–H and O–H groups in total. The van der Waals surface area contributed by atoms with Crippen molar-refractivity contribution >= 4 is 11.6 Å². The van der Waals surface area contributed by atoms with Crippen LogP contribution in [0.25, 0.3) is 0 Å². The maximum absolute atomic E-state index is 11.7. The van der Waals surface area contributed by atoms with Gasteiger partial charge in [0.25, 0.3) is 5.91 Å². The molecular weight excluding hydrogens is 250 g/mol. The highest BCUT2D eigenvalue weighted by Crippen LogP contribution is 2.24. The van der Waals surface area contributed by atoms with E-state index in [0.717, 1.165) is 18.7 Å². The number of hydrogen-bond donors (Lipinski definition) is 2. The highest BCUT2D eigenvalue weighted by molar-refractivity contribution is 5.94. The van der Waals surface area contributed by atoms with Crippen LogP contribution in [0.5, 0.6) is 0 Å². The van der Waals surface area contributed by atoms with Crippen LogP contribution in [0.1, 0.15) is 30.6 Å².